The fraction of sp³-hybridized carbons (Fsp3) is 0.500. The zero-order valence-corrected chi connectivity index (χ0v) is 20.3. The Morgan fingerprint density at radius 2 is 1.88 bits per heavy atom. The minimum Gasteiger partial charge on any atom is -0.493 e. The van der Waals surface area contributed by atoms with E-state index in [1.165, 1.54) is 32.1 Å². The first-order chi connectivity index (χ1) is 16.5. The molecular formula is C28H36N2O4. The number of hydrogen-bond donors (Lipinski definition) is 1. The van der Waals surface area contributed by atoms with Crippen LogP contribution in [0.4, 0.5) is 0 Å². The van der Waals surface area contributed by atoms with Gasteiger partial charge in [-0.05, 0) is 68.5 Å². The molecule has 1 saturated carbocycles. The quantitative estimate of drug-likeness (QED) is 0.446. The number of hydrogen-bond acceptors (Lipinski definition) is 6. The summed E-state index contributed by atoms with van der Waals surface area (Å²) in [6.45, 7) is 5.58. The summed E-state index contributed by atoms with van der Waals surface area (Å²) in [5, 5.41) is 18.9. The minimum atomic E-state index is -0.103. The normalized spacial score (nSPS) is 14.2. The van der Waals surface area contributed by atoms with Crippen molar-refractivity contribution in [2.24, 2.45) is 5.92 Å². The molecule has 0 heterocycles. The van der Waals surface area contributed by atoms with E-state index in [0.29, 0.717) is 35.9 Å². The van der Waals surface area contributed by atoms with Crippen LogP contribution in [0.15, 0.2) is 42.5 Å². The highest BCUT2D eigenvalue weighted by Crippen LogP contribution is 2.25. The summed E-state index contributed by atoms with van der Waals surface area (Å²) in [5.41, 5.74) is 1.85. The molecule has 6 nitrogen and oxygen atoms in total. The lowest BCUT2D eigenvalue weighted by molar-refractivity contribution is 0.0908. The monoisotopic (exact) mass is 464 g/mol. The average molecular weight is 465 g/mol. The Labute approximate surface area is 203 Å². The molecule has 0 aromatic heterocycles. The van der Waals surface area contributed by atoms with E-state index >= 15 is 0 Å². The van der Waals surface area contributed by atoms with Gasteiger partial charge in [-0.3, -0.25) is 9.69 Å². The van der Waals surface area contributed by atoms with Crippen molar-refractivity contribution in [3.63, 3.8) is 0 Å². The fourth-order valence-electron chi connectivity index (χ4n) is 4.31. The highest BCUT2D eigenvalue weighted by molar-refractivity contribution is 5.98. The van der Waals surface area contributed by atoms with Gasteiger partial charge in [0, 0.05) is 18.7 Å². The molecule has 0 unspecified atom stereocenters. The first-order valence-corrected chi connectivity index (χ1v) is 12.3. The first-order valence-electron chi connectivity index (χ1n) is 12.3. The van der Waals surface area contributed by atoms with Crippen molar-refractivity contribution in [2.75, 3.05) is 26.3 Å². The summed E-state index contributed by atoms with van der Waals surface area (Å²) in [5.74, 6) is 1.90. The molecule has 1 fully saturated rings. The van der Waals surface area contributed by atoms with E-state index in [0.717, 1.165) is 17.9 Å². The molecule has 0 atom stereocenters. The number of ketones is 1. The van der Waals surface area contributed by atoms with E-state index in [9.17, 15) is 15.2 Å². The average Bonchev–Trinajstić information content (AvgIpc) is 2.84. The van der Waals surface area contributed by atoms with E-state index < -0.39 is 0 Å². The van der Waals surface area contributed by atoms with Crippen molar-refractivity contribution >= 4 is 5.78 Å². The smallest absolute Gasteiger partial charge is 0.176 e. The SMILES string of the molecule is CC(C)Oc1ccc(C(=O)CN(CCO)Cc2ccc(OCC3CCCCC3)cc2)cc1C#N. The Bertz CT molecular complexity index is 959. The molecule has 0 amide bonds. The van der Waals surface area contributed by atoms with Gasteiger partial charge >= 0.3 is 0 Å². The van der Waals surface area contributed by atoms with Crippen LogP contribution in [0, 0.1) is 17.2 Å². The Balaban J connectivity index is 1.58. The van der Waals surface area contributed by atoms with Gasteiger partial charge in [-0.2, -0.15) is 5.26 Å². The van der Waals surface area contributed by atoms with E-state index in [4.69, 9.17) is 9.47 Å². The van der Waals surface area contributed by atoms with Gasteiger partial charge in [0.1, 0.15) is 17.6 Å². The number of aliphatic hydroxyl groups excluding tert-OH is 1. The van der Waals surface area contributed by atoms with Crippen LogP contribution < -0.4 is 9.47 Å². The van der Waals surface area contributed by atoms with Gasteiger partial charge < -0.3 is 14.6 Å². The van der Waals surface area contributed by atoms with E-state index in [1.54, 1.807) is 18.2 Å². The summed E-state index contributed by atoms with van der Waals surface area (Å²) >= 11 is 0. The Morgan fingerprint density at radius 1 is 1.15 bits per heavy atom. The number of aliphatic hydroxyl groups is 1. The van der Waals surface area contributed by atoms with Crippen LogP contribution in [0.5, 0.6) is 11.5 Å². The van der Waals surface area contributed by atoms with Gasteiger partial charge in [-0.1, -0.05) is 31.4 Å². The second-order valence-electron chi connectivity index (χ2n) is 9.31. The largest absolute Gasteiger partial charge is 0.493 e. The van der Waals surface area contributed by atoms with Crippen LogP contribution in [0.2, 0.25) is 0 Å². The zero-order chi connectivity index (χ0) is 24.3. The maximum atomic E-state index is 12.9. The second-order valence-corrected chi connectivity index (χ2v) is 9.31. The highest BCUT2D eigenvalue weighted by Gasteiger charge is 2.17. The molecule has 1 N–H and O–H groups in total. The molecule has 1 aliphatic carbocycles. The third-order valence-electron chi connectivity index (χ3n) is 6.11. The minimum absolute atomic E-state index is 0.0412. The van der Waals surface area contributed by atoms with Crippen molar-refractivity contribution in [1.82, 2.24) is 4.90 Å². The molecular weight excluding hydrogens is 428 g/mol. The maximum absolute atomic E-state index is 12.9. The van der Waals surface area contributed by atoms with Crippen molar-refractivity contribution < 1.29 is 19.4 Å². The highest BCUT2D eigenvalue weighted by atomic mass is 16.5. The van der Waals surface area contributed by atoms with Gasteiger partial charge in [0.25, 0.3) is 0 Å². The zero-order valence-electron chi connectivity index (χ0n) is 20.3. The number of Topliss-reactive ketones (excluding diaryl/α,β-unsaturated/α-hetero) is 1. The Hall–Kier alpha value is -2.88. The van der Waals surface area contributed by atoms with Crippen LogP contribution in [0.3, 0.4) is 0 Å². The molecule has 0 saturated heterocycles. The van der Waals surface area contributed by atoms with Crippen LogP contribution in [0.1, 0.15) is 67.4 Å². The lowest BCUT2D eigenvalue weighted by Gasteiger charge is -2.22. The number of rotatable bonds is 12. The van der Waals surface area contributed by atoms with Crippen LogP contribution >= 0.6 is 0 Å². The van der Waals surface area contributed by atoms with Gasteiger partial charge in [-0.15, -0.1) is 0 Å². The summed E-state index contributed by atoms with van der Waals surface area (Å²) in [4.78, 5) is 14.8. The molecule has 0 aliphatic heterocycles. The molecule has 182 valence electrons. The number of benzene rings is 2. The predicted molar refractivity (Wildman–Crippen MR) is 132 cm³/mol. The lowest BCUT2D eigenvalue weighted by Crippen LogP contribution is -2.32. The van der Waals surface area contributed by atoms with Crippen molar-refractivity contribution in [2.45, 2.75) is 58.6 Å². The maximum Gasteiger partial charge on any atom is 0.176 e. The van der Waals surface area contributed by atoms with Gasteiger partial charge in [0.05, 0.1) is 31.4 Å². The number of nitriles is 1. The van der Waals surface area contributed by atoms with Gasteiger partial charge in [0.15, 0.2) is 5.78 Å². The number of carbonyl (C=O) groups excluding carboxylic acids is 1. The fourth-order valence-corrected chi connectivity index (χ4v) is 4.31. The topological polar surface area (TPSA) is 82.8 Å². The van der Waals surface area contributed by atoms with Crippen molar-refractivity contribution in [1.29, 1.82) is 5.26 Å². The van der Waals surface area contributed by atoms with Crippen molar-refractivity contribution in [3.05, 3.63) is 59.2 Å². The molecule has 0 radical (unpaired) electrons. The second kappa shape index (κ2) is 13.1. The summed E-state index contributed by atoms with van der Waals surface area (Å²) in [6.07, 6.45) is 6.41. The van der Waals surface area contributed by atoms with E-state index in [1.807, 2.05) is 43.0 Å². The van der Waals surface area contributed by atoms with Crippen LogP contribution in [-0.4, -0.2) is 48.2 Å². The van der Waals surface area contributed by atoms with Gasteiger partial charge in [-0.25, -0.2) is 0 Å². The number of carbonyl (C=O) groups is 1. The third-order valence-corrected chi connectivity index (χ3v) is 6.11. The Kier molecular flexibility index (Phi) is 9.93. The van der Waals surface area contributed by atoms with E-state index in [2.05, 4.69) is 6.07 Å². The van der Waals surface area contributed by atoms with Crippen LogP contribution in [-0.2, 0) is 6.54 Å². The van der Waals surface area contributed by atoms with Crippen molar-refractivity contribution in [3.8, 4) is 17.6 Å². The van der Waals surface area contributed by atoms with Crippen LogP contribution in [0.25, 0.3) is 0 Å². The summed E-state index contributed by atoms with van der Waals surface area (Å²) in [7, 11) is 0. The lowest BCUT2D eigenvalue weighted by atomic mass is 9.90. The molecule has 2 aromatic carbocycles. The van der Waals surface area contributed by atoms with Gasteiger partial charge in [0.2, 0.25) is 0 Å². The molecule has 2 aromatic rings. The molecule has 34 heavy (non-hydrogen) atoms. The molecule has 1 aliphatic rings. The Morgan fingerprint density at radius 3 is 2.53 bits per heavy atom. The predicted octanol–water partition coefficient (Wildman–Crippen LogP) is 4.98. The molecule has 0 spiro atoms. The third kappa shape index (κ3) is 7.86. The number of ether oxygens (including phenoxy) is 2. The molecule has 6 heteroatoms. The van der Waals surface area contributed by atoms with E-state index in [-0.39, 0.29) is 25.0 Å². The molecule has 0 bridgehead atoms. The standard InChI is InChI=1S/C28H36N2O4/c1-21(2)34-28-13-10-24(16-25(28)17-29)27(32)19-30(14-15-31)18-22-8-11-26(12-9-22)33-20-23-6-4-3-5-7-23/h8-13,16,21,23,31H,3-7,14-15,18-20H2,1-2H3. The first kappa shape index (κ1) is 25.7. The number of nitrogens with zero attached hydrogens (tertiary/aromatic N) is 2. The summed E-state index contributed by atoms with van der Waals surface area (Å²) in [6, 6.07) is 15.0. The molecule has 3 rings (SSSR count). The summed E-state index contributed by atoms with van der Waals surface area (Å²) < 4.78 is 11.6.